The number of fused-ring (bicyclic) bond motifs is 1. The second-order valence-corrected chi connectivity index (χ2v) is 10.3. The molecule has 33 heavy (non-hydrogen) atoms. The summed E-state index contributed by atoms with van der Waals surface area (Å²) in [5.74, 6) is 1.12. The highest BCUT2D eigenvalue weighted by atomic mass is 16.6. The van der Waals surface area contributed by atoms with Crippen LogP contribution in [0, 0.1) is 11.8 Å². The number of hydrogen-bond donors (Lipinski definition) is 0. The zero-order valence-corrected chi connectivity index (χ0v) is 20.1. The van der Waals surface area contributed by atoms with Crippen molar-refractivity contribution in [3.63, 3.8) is 0 Å². The summed E-state index contributed by atoms with van der Waals surface area (Å²) in [6.45, 7) is 5.97. The van der Waals surface area contributed by atoms with E-state index in [4.69, 9.17) is 18.9 Å². The Labute approximate surface area is 198 Å². The maximum absolute atomic E-state index is 10.6. The molecule has 7 heteroatoms. The van der Waals surface area contributed by atoms with Gasteiger partial charge in [0.15, 0.2) is 0 Å². The van der Waals surface area contributed by atoms with Gasteiger partial charge in [0.05, 0.1) is 32.0 Å². The van der Waals surface area contributed by atoms with Gasteiger partial charge in [0.2, 0.25) is 6.08 Å². The van der Waals surface area contributed by atoms with Crippen LogP contribution >= 0.6 is 0 Å². The summed E-state index contributed by atoms with van der Waals surface area (Å²) < 4.78 is 25.7. The molecular formula is C26H42N2O5. The number of aliphatic imine (C=N–C) groups is 2. The van der Waals surface area contributed by atoms with Crippen molar-refractivity contribution in [1.82, 2.24) is 0 Å². The van der Waals surface area contributed by atoms with E-state index in [0.717, 1.165) is 19.4 Å². The summed E-state index contributed by atoms with van der Waals surface area (Å²) in [5, 5.41) is 0. The Morgan fingerprint density at radius 2 is 1.27 bits per heavy atom. The van der Waals surface area contributed by atoms with Crippen LogP contribution in [0.4, 0.5) is 0 Å². The molecule has 2 aliphatic heterocycles. The van der Waals surface area contributed by atoms with Gasteiger partial charge in [0.25, 0.3) is 0 Å². The number of carbonyl (C=O) groups excluding carboxylic acids is 1. The van der Waals surface area contributed by atoms with Gasteiger partial charge in [0, 0.05) is 6.54 Å². The van der Waals surface area contributed by atoms with Crippen LogP contribution in [0.15, 0.2) is 9.98 Å². The van der Waals surface area contributed by atoms with E-state index in [1.807, 2.05) is 0 Å². The Morgan fingerprint density at radius 1 is 0.788 bits per heavy atom. The number of hydrogen-bond acceptors (Lipinski definition) is 7. The van der Waals surface area contributed by atoms with Crippen molar-refractivity contribution in [3.05, 3.63) is 0 Å². The Balaban J connectivity index is 1.34. The second-order valence-electron chi connectivity index (χ2n) is 10.3. The zero-order valence-electron chi connectivity index (χ0n) is 20.1. The lowest BCUT2D eigenvalue weighted by Crippen LogP contribution is -2.40. The maximum atomic E-state index is 10.6. The van der Waals surface area contributed by atoms with Crippen molar-refractivity contribution in [1.29, 1.82) is 0 Å². The third-order valence-corrected chi connectivity index (χ3v) is 8.17. The lowest BCUT2D eigenvalue weighted by Gasteiger charge is -2.33. The van der Waals surface area contributed by atoms with Gasteiger partial charge >= 0.3 is 0 Å². The summed E-state index contributed by atoms with van der Waals surface area (Å²) in [5.41, 5.74) is 0. The molecule has 2 saturated heterocycles. The Bertz CT molecular complexity index is 643. The molecule has 0 bridgehead atoms. The number of nitrogens with zero attached hydrogens (tertiary/aromatic N) is 2. The second kappa shape index (κ2) is 13.1. The number of ether oxygens (including phenoxy) is 4. The molecule has 6 atom stereocenters. The highest BCUT2D eigenvalue weighted by Crippen LogP contribution is 2.37. The topological polar surface area (TPSA) is 78.7 Å². The molecule has 0 aromatic carbocycles. The minimum absolute atomic E-state index is 0.0480. The first-order valence-electron chi connectivity index (χ1n) is 13.3. The average molecular weight is 463 g/mol. The maximum Gasteiger partial charge on any atom is 0.234 e. The van der Waals surface area contributed by atoms with E-state index in [-0.39, 0.29) is 36.6 Å². The van der Waals surface area contributed by atoms with Gasteiger partial charge in [-0.05, 0) is 57.1 Å². The molecule has 0 amide bonds. The van der Waals surface area contributed by atoms with Gasteiger partial charge in [0.1, 0.15) is 24.4 Å². The molecule has 2 heterocycles. The number of isocyanates is 1. The van der Waals surface area contributed by atoms with Crippen molar-refractivity contribution in [2.75, 3.05) is 26.3 Å². The fraction of sp³-hybridized carbons (Fsp3) is 0.923. The fourth-order valence-corrected chi connectivity index (χ4v) is 6.41. The standard InChI is InChI=1S/C26H42N2O5/c1-27-14-12-21(19-8-4-2-5-9-19)32-23-16-30-26-24(17-31-25(23)26)33-22(13-15-28-18-29)20-10-6-3-7-11-20/h19-26H,1-17H2. The molecule has 0 aromatic heterocycles. The molecule has 6 unspecified atom stereocenters. The predicted molar refractivity (Wildman–Crippen MR) is 127 cm³/mol. The molecule has 2 aliphatic carbocycles. The molecule has 4 fully saturated rings. The predicted octanol–water partition coefficient (Wildman–Crippen LogP) is 4.27. The Kier molecular flexibility index (Phi) is 9.93. The lowest BCUT2D eigenvalue weighted by atomic mass is 9.84. The first-order valence-corrected chi connectivity index (χ1v) is 13.3. The first kappa shape index (κ1) is 25.0. The lowest BCUT2D eigenvalue weighted by molar-refractivity contribution is -0.110. The van der Waals surface area contributed by atoms with Crippen LogP contribution in [-0.4, -0.2) is 75.7 Å². The van der Waals surface area contributed by atoms with E-state index < -0.39 is 0 Å². The monoisotopic (exact) mass is 462 g/mol. The van der Waals surface area contributed by atoms with E-state index in [1.54, 1.807) is 6.08 Å². The highest BCUT2D eigenvalue weighted by molar-refractivity contribution is 5.32. The van der Waals surface area contributed by atoms with Crippen LogP contribution in [0.3, 0.4) is 0 Å². The molecule has 0 spiro atoms. The molecule has 0 aromatic rings. The normalized spacial score (nSPS) is 32.7. The summed E-state index contributed by atoms with van der Waals surface area (Å²) in [6, 6.07) is 0. The first-order chi connectivity index (χ1) is 16.3. The SMILES string of the molecule is C=NCCC(OC1COC2C(OC(CCN=C=O)C3CCCCC3)COC12)C1CCCCC1. The van der Waals surface area contributed by atoms with E-state index in [9.17, 15) is 4.79 Å². The van der Waals surface area contributed by atoms with Crippen molar-refractivity contribution < 1.29 is 23.7 Å². The van der Waals surface area contributed by atoms with E-state index in [2.05, 4.69) is 16.7 Å². The van der Waals surface area contributed by atoms with Crippen LogP contribution in [0.25, 0.3) is 0 Å². The minimum atomic E-state index is -0.0845. The van der Waals surface area contributed by atoms with Crippen molar-refractivity contribution in [2.45, 2.75) is 114 Å². The van der Waals surface area contributed by atoms with Crippen LogP contribution in [0.1, 0.15) is 77.0 Å². The van der Waals surface area contributed by atoms with Gasteiger partial charge in [-0.3, -0.25) is 0 Å². The highest BCUT2D eigenvalue weighted by Gasteiger charge is 2.50. The van der Waals surface area contributed by atoms with E-state index >= 15 is 0 Å². The van der Waals surface area contributed by atoms with E-state index in [0.29, 0.717) is 31.6 Å². The van der Waals surface area contributed by atoms with Gasteiger partial charge in [-0.2, -0.15) is 0 Å². The van der Waals surface area contributed by atoms with Gasteiger partial charge in [-0.1, -0.05) is 38.5 Å². The minimum Gasteiger partial charge on any atom is -0.370 e. The smallest absolute Gasteiger partial charge is 0.234 e. The Morgan fingerprint density at radius 3 is 1.73 bits per heavy atom. The zero-order chi connectivity index (χ0) is 22.9. The quantitative estimate of drug-likeness (QED) is 0.320. The third-order valence-electron chi connectivity index (χ3n) is 8.17. The number of rotatable bonds is 12. The van der Waals surface area contributed by atoms with Crippen molar-refractivity contribution in [2.24, 2.45) is 21.8 Å². The molecule has 2 saturated carbocycles. The van der Waals surface area contributed by atoms with E-state index in [1.165, 1.54) is 64.2 Å². The average Bonchev–Trinajstić information content (AvgIpc) is 3.45. The molecule has 186 valence electrons. The van der Waals surface area contributed by atoms with Crippen LogP contribution in [0.2, 0.25) is 0 Å². The molecular weight excluding hydrogens is 420 g/mol. The summed E-state index contributed by atoms with van der Waals surface area (Å²) >= 11 is 0. The molecule has 4 rings (SSSR count). The summed E-state index contributed by atoms with van der Waals surface area (Å²) in [6.07, 6.45) is 15.9. The van der Waals surface area contributed by atoms with Crippen LogP contribution < -0.4 is 0 Å². The molecule has 0 radical (unpaired) electrons. The molecule has 4 aliphatic rings. The largest absolute Gasteiger partial charge is 0.370 e. The summed E-state index contributed by atoms with van der Waals surface area (Å²) in [4.78, 5) is 18.4. The van der Waals surface area contributed by atoms with Crippen molar-refractivity contribution >= 4 is 12.8 Å². The van der Waals surface area contributed by atoms with Gasteiger partial charge in [-0.25, -0.2) is 9.79 Å². The van der Waals surface area contributed by atoms with Crippen molar-refractivity contribution in [3.8, 4) is 0 Å². The third kappa shape index (κ3) is 6.73. The Hall–Kier alpha value is -1.11. The van der Waals surface area contributed by atoms with Crippen LogP contribution in [0.5, 0.6) is 0 Å². The molecule has 0 N–H and O–H groups in total. The fourth-order valence-electron chi connectivity index (χ4n) is 6.41. The van der Waals surface area contributed by atoms with Crippen LogP contribution in [-0.2, 0) is 23.7 Å². The van der Waals surface area contributed by atoms with Gasteiger partial charge < -0.3 is 23.9 Å². The molecule has 7 nitrogen and oxygen atoms in total. The van der Waals surface area contributed by atoms with Gasteiger partial charge in [-0.15, -0.1) is 0 Å². The summed E-state index contributed by atoms with van der Waals surface area (Å²) in [7, 11) is 0.